The molecule has 1 aromatic carbocycles. The number of rotatable bonds is 5. The lowest BCUT2D eigenvalue weighted by Crippen LogP contribution is -2.37. The van der Waals surface area contributed by atoms with Crippen LogP contribution in [0.3, 0.4) is 0 Å². The maximum atomic E-state index is 13.1. The topological polar surface area (TPSA) is 87.2 Å². The minimum Gasteiger partial charge on any atom is -0.354 e. The van der Waals surface area contributed by atoms with Crippen LogP contribution in [0.25, 0.3) is 10.9 Å². The van der Waals surface area contributed by atoms with Crippen molar-refractivity contribution in [2.75, 3.05) is 23.3 Å². The van der Waals surface area contributed by atoms with Crippen LogP contribution in [0.2, 0.25) is 0 Å². The predicted octanol–water partition coefficient (Wildman–Crippen LogP) is 4.01. The lowest BCUT2D eigenvalue weighted by molar-refractivity contribution is -0.137. The smallest absolute Gasteiger partial charge is 0.354 e. The molecule has 1 atom stereocenters. The van der Waals surface area contributed by atoms with E-state index in [1.165, 1.54) is 12.3 Å². The van der Waals surface area contributed by atoms with Crippen molar-refractivity contribution in [3.05, 3.63) is 59.8 Å². The highest BCUT2D eigenvalue weighted by molar-refractivity contribution is 5.97. The van der Waals surface area contributed by atoms with E-state index in [4.69, 9.17) is 0 Å². The van der Waals surface area contributed by atoms with Gasteiger partial charge in [-0.3, -0.25) is 9.59 Å². The fourth-order valence-electron chi connectivity index (χ4n) is 4.03. The van der Waals surface area contributed by atoms with E-state index in [0.717, 1.165) is 25.0 Å². The summed E-state index contributed by atoms with van der Waals surface area (Å²) in [5, 5.41) is 6.34. The number of halogens is 3. The summed E-state index contributed by atoms with van der Waals surface area (Å²) in [5.41, 5.74) is -0.0679. The third-order valence-corrected chi connectivity index (χ3v) is 6.07. The number of hydrogen-bond acceptors (Lipinski definition) is 5. The van der Waals surface area contributed by atoms with Gasteiger partial charge in [0.15, 0.2) is 0 Å². The number of nitrogens with zero attached hydrogens (tertiary/aromatic N) is 3. The first-order valence-electron chi connectivity index (χ1n) is 11.1. The Morgan fingerprint density at radius 3 is 2.59 bits per heavy atom. The minimum absolute atomic E-state index is 0.0347. The predicted molar refractivity (Wildman–Crippen MR) is 120 cm³/mol. The number of hydrogen-bond donors (Lipinski definition) is 2. The van der Waals surface area contributed by atoms with E-state index in [9.17, 15) is 22.8 Å². The second kappa shape index (κ2) is 8.58. The molecular formula is C24H22F3N5O2. The molecular weight excluding hydrogens is 447 g/mol. The number of alkyl halides is 3. The molecule has 5 rings (SSSR count). The van der Waals surface area contributed by atoms with Gasteiger partial charge in [0, 0.05) is 42.2 Å². The van der Waals surface area contributed by atoms with Crippen LogP contribution in [0.4, 0.5) is 24.8 Å². The molecule has 10 heteroatoms. The Hall–Kier alpha value is -3.69. The third-order valence-electron chi connectivity index (χ3n) is 6.07. The van der Waals surface area contributed by atoms with Crippen LogP contribution in [-0.2, 0) is 11.0 Å². The van der Waals surface area contributed by atoms with Crippen molar-refractivity contribution in [1.82, 2.24) is 15.3 Å². The van der Waals surface area contributed by atoms with Gasteiger partial charge >= 0.3 is 6.18 Å². The molecule has 1 aliphatic heterocycles. The molecule has 2 N–H and O–H groups in total. The summed E-state index contributed by atoms with van der Waals surface area (Å²) in [4.78, 5) is 35.2. The first-order chi connectivity index (χ1) is 16.3. The SMILES string of the molecule is O=C(N[C@@H]1CCN(c2ccc3ccc(C(F)(F)F)cc3n2)C1)c1ccnc(NC(=O)C2CC2)c1. The number of pyridine rings is 2. The van der Waals surface area contributed by atoms with Gasteiger partial charge in [-0.1, -0.05) is 6.07 Å². The fourth-order valence-corrected chi connectivity index (χ4v) is 4.03. The van der Waals surface area contributed by atoms with E-state index in [1.54, 1.807) is 24.3 Å². The molecule has 1 aliphatic carbocycles. The Morgan fingerprint density at radius 2 is 1.82 bits per heavy atom. The standard InChI is InChI=1S/C24H22F3N5O2/c25-24(26,27)17-5-3-14-4-6-21(30-19(14)12-17)32-10-8-18(13-32)29-23(34)16-7-9-28-20(11-16)31-22(33)15-1-2-15/h3-7,9,11-12,15,18H,1-2,8,10,13H2,(H,29,34)(H,28,31,33)/t18-/m1/s1. The summed E-state index contributed by atoms with van der Waals surface area (Å²) < 4.78 is 39.2. The molecule has 34 heavy (non-hydrogen) atoms. The zero-order valence-corrected chi connectivity index (χ0v) is 18.1. The largest absolute Gasteiger partial charge is 0.416 e. The third kappa shape index (κ3) is 4.80. The van der Waals surface area contributed by atoms with Crippen molar-refractivity contribution in [2.45, 2.75) is 31.5 Å². The summed E-state index contributed by atoms with van der Waals surface area (Å²) in [6.07, 6.45) is -0.529. The van der Waals surface area contributed by atoms with Gasteiger partial charge < -0.3 is 15.5 Å². The number of amides is 2. The van der Waals surface area contributed by atoms with E-state index in [0.29, 0.717) is 42.1 Å². The Morgan fingerprint density at radius 1 is 1.03 bits per heavy atom. The highest BCUT2D eigenvalue weighted by Gasteiger charge is 2.31. The molecule has 0 spiro atoms. The van der Waals surface area contributed by atoms with E-state index >= 15 is 0 Å². The molecule has 3 aromatic rings. The molecule has 3 heterocycles. The van der Waals surface area contributed by atoms with Crippen LogP contribution in [0, 0.1) is 5.92 Å². The minimum atomic E-state index is -4.43. The summed E-state index contributed by atoms with van der Waals surface area (Å²) in [5.74, 6) is 0.584. The van der Waals surface area contributed by atoms with Crippen molar-refractivity contribution in [3.8, 4) is 0 Å². The maximum absolute atomic E-state index is 13.1. The highest BCUT2D eigenvalue weighted by atomic mass is 19.4. The second-order valence-corrected chi connectivity index (χ2v) is 8.67. The molecule has 1 saturated carbocycles. The number of aromatic nitrogens is 2. The van der Waals surface area contributed by atoms with Crippen LogP contribution in [0.1, 0.15) is 35.2 Å². The Balaban J connectivity index is 1.24. The van der Waals surface area contributed by atoms with Crippen molar-refractivity contribution in [3.63, 3.8) is 0 Å². The average molecular weight is 469 g/mol. The van der Waals surface area contributed by atoms with Gasteiger partial charge in [0.2, 0.25) is 5.91 Å². The maximum Gasteiger partial charge on any atom is 0.416 e. The van der Waals surface area contributed by atoms with Crippen molar-refractivity contribution >= 4 is 34.4 Å². The van der Waals surface area contributed by atoms with E-state index in [-0.39, 0.29) is 29.3 Å². The fraction of sp³-hybridized carbons (Fsp3) is 0.333. The Labute approximate surface area is 193 Å². The number of carbonyl (C=O) groups is 2. The van der Waals surface area contributed by atoms with Crippen LogP contribution >= 0.6 is 0 Å². The van der Waals surface area contributed by atoms with Gasteiger partial charge in [-0.25, -0.2) is 9.97 Å². The van der Waals surface area contributed by atoms with Gasteiger partial charge in [-0.15, -0.1) is 0 Å². The van der Waals surface area contributed by atoms with E-state index < -0.39 is 11.7 Å². The Kier molecular flexibility index (Phi) is 5.59. The average Bonchev–Trinajstić information content (AvgIpc) is 3.57. The summed E-state index contributed by atoms with van der Waals surface area (Å²) in [6, 6.07) is 10.0. The molecule has 2 aliphatic rings. The number of nitrogens with one attached hydrogen (secondary N) is 2. The quantitative estimate of drug-likeness (QED) is 0.590. The van der Waals surface area contributed by atoms with Gasteiger partial charge in [-0.05, 0) is 55.7 Å². The summed E-state index contributed by atoms with van der Waals surface area (Å²) in [7, 11) is 0. The molecule has 7 nitrogen and oxygen atoms in total. The van der Waals surface area contributed by atoms with E-state index in [2.05, 4.69) is 20.6 Å². The van der Waals surface area contributed by atoms with E-state index in [1.807, 2.05) is 4.90 Å². The van der Waals surface area contributed by atoms with Gasteiger partial charge in [0.25, 0.3) is 5.91 Å². The van der Waals surface area contributed by atoms with Crippen molar-refractivity contribution < 1.29 is 22.8 Å². The number of carbonyl (C=O) groups excluding carboxylic acids is 2. The molecule has 0 bridgehead atoms. The van der Waals surface area contributed by atoms with Crippen LogP contribution < -0.4 is 15.5 Å². The van der Waals surface area contributed by atoms with Gasteiger partial charge in [-0.2, -0.15) is 13.2 Å². The number of anilines is 2. The molecule has 2 amide bonds. The zero-order valence-electron chi connectivity index (χ0n) is 18.1. The molecule has 1 saturated heterocycles. The van der Waals surface area contributed by atoms with Crippen LogP contribution in [-0.4, -0.2) is 40.9 Å². The lowest BCUT2D eigenvalue weighted by Gasteiger charge is -2.19. The van der Waals surface area contributed by atoms with Gasteiger partial charge in [0.1, 0.15) is 11.6 Å². The molecule has 0 radical (unpaired) electrons. The first-order valence-corrected chi connectivity index (χ1v) is 11.1. The number of fused-ring (bicyclic) bond motifs is 1. The summed E-state index contributed by atoms with van der Waals surface area (Å²) >= 11 is 0. The van der Waals surface area contributed by atoms with Gasteiger partial charge in [0.05, 0.1) is 11.1 Å². The normalized spacial score (nSPS) is 18.2. The molecule has 176 valence electrons. The lowest BCUT2D eigenvalue weighted by atomic mass is 10.1. The Bertz CT molecular complexity index is 1260. The molecule has 2 aromatic heterocycles. The second-order valence-electron chi connectivity index (χ2n) is 8.67. The van der Waals surface area contributed by atoms with Crippen LogP contribution in [0.15, 0.2) is 48.7 Å². The number of benzene rings is 1. The summed E-state index contributed by atoms with van der Waals surface area (Å²) in [6.45, 7) is 1.10. The first kappa shape index (κ1) is 22.1. The zero-order chi connectivity index (χ0) is 23.9. The van der Waals surface area contributed by atoms with Crippen LogP contribution in [0.5, 0.6) is 0 Å². The van der Waals surface area contributed by atoms with Crippen molar-refractivity contribution in [2.24, 2.45) is 5.92 Å². The molecule has 0 unspecified atom stereocenters. The highest BCUT2D eigenvalue weighted by Crippen LogP contribution is 2.32. The molecule has 2 fully saturated rings. The monoisotopic (exact) mass is 469 g/mol. The van der Waals surface area contributed by atoms with Crippen molar-refractivity contribution in [1.29, 1.82) is 0 Å².